The molecule has 0 saturated carbocycles. The van der Waals surface area contributed by atoms with E-state index in [0.29, 0.717) is 18.2 Å². The number of nitrogens with zero attached hydrogens (tertiary/aromatic N) is 6. The van der Waals surface area contributed by atoms with Gasteiger partial charge in [-0.2, -0.15) is 5.11 Å². The Balaban J connectivity index is 0. The summed E-state index contributed by atoms with van der Waals surface area (Å²) in [6.45, 7) is -2.21. The van der Waals surface area contributed by atoms with Crippen LogP contribution in [0.4, 0.5) is 45.5 Å². The van der Waals surface area contributed by atoms with Crippen LogP contribution in [0.2, 0.25) is 0 Å². The number of nitrogens with two attached hydrogens (primary N) is 1. The van der Waals surface area contributed by atoms with Crippen molar-refractivity contribution in [3.05, 3.63) is 66.7 Å². The van der Waals surface area contributed by atoms with Crippen molar-refractivity contribution in [2.45, 2.75) is 24.5 Å². The zero-order valence-corrected chi connectivity index (χ0v) is 56.5. The molecular weight excluding hydrogens is 1240 g/mol. The van der Waals surface area contributed by atoms with E-state index in [-0.39, 0.29) is 194 Å². The molecule has 0 bridgehead atoms. The van der Waals surface area contributed by atoms with Crippen LogP contribution in [0, 0.1) is 0 Å². The van der Waals surface area contributed by atoms with E-state index < -0.39 is 145 Å². The fourth-order valence-electron chi connectivity index (χ4n) is 5.17. The molecule has 390 valence electrons. The molecule has 76 heavy (non-hydrogen) atoms. The Morgan fingerprint density at radius 3 is 1.33 bits per heavy atom. The summed E-state index contributed by atoms with van der Waals surface area (Å²) in [6.07, 6.45) is 0. The first kappa shape index (κ1) is 78.3. The van der Waals surface area contributed by atoms with Crippen LogP contribution in [0.25, 0.3) is 0 Å². The Labute approximate surface area is 553 Å². The Bertz CT molecular complexity index is 3370. The summed E-state index contributed by atoms with van der Waals surface area (Å²) in [5.74, 6) is -2.55. The summed E-state index contributed by atoms with van der Waals surface area (Å²) in [6, 6.07) is 9.67. The minimum absolute atomic E-state index is 0. The summed E-state index contributed by atoms with van der Waals surface area (Å²) in [7, 11) is -28.2. The summed E-state index contributed by atoms with van der Waals surface area (Å²) in [5.41, 5.74) is 2.80. The zero-order chi connectivity index (χ0) is 52.8. The number of nitrogens with one attached hydrogen (secondary N) is 1. The van der Waals surface area contributed by atoms with Gasteiger partial charge < -0.3 is 35.2 Å². The second-order valence-corrected chi connectivity index (χ2v) is 23.9. The van der Waals surface area contributed by atoms with Gasteiger partial charge in [0.2, 0.25) is 10.4 Å². The Hall–Kier alpha value is 0.200. The first-order chi connectivity index (χ1) is 33.1. The molecule has 3 N–H and O–H groups in total. The number of rotatable bonds is 28. The standard InChI is InChI=1S/C31H34N8O24S8.5Na/c1-33-30-26(38-35-23-8-6-21(16-27(23)69(48,49)50)67(44,45)14-11-58-65-63-61-41)18-25(37-34-19-2-4-20(5-3-19)66(42,43)13-10-57-64-62-60-40)29(32)31(30)39-36-24-9-7-22(17-28(24)70(51,52)53)68(46,47)15-12-59-71(54,55)56;;;;;/h2-9,16-18,33,40-41H,10-15,32H2,1H3,(H,48,49,50)(H,51,52,53)(H,54,55,56);;;;;/q;5*+1/p-5. The third-order valence-corrected chi connectivity index (χ3v) is 16.3. The van der Waals surface area contributed by atoms with Crippen LogP contribution in [0.1, 0.15) is 0 Å². The van der Waals surface area contributed by atoms with Crippen molar-refractivity contribution in [3.8, 4) is 0 Å². The molecule has 4 aromatic carbocycles. The summed E-state index contributed by atoms with van der Waals surface area (Å²) < 4.78 is 204. The van der Waals surface area contributed by atoms with Gasteiger partial charge in [0.1, 0.15) is 48.7 Å². The van der Waals surface area contributed by atoms with Gasteiger partial charge in [-0.3, -0.25) is 22.6 Å². The monoisotopic (exact) mass is 1270 g/mol. The number of benzene rings is 4. The smallest absolute Gasteiger partial charge is 0.744 e. The molecule has 4 aromatic rings. The second-order valence-electron chi connectivity index (χ2n) is 12.8. The average molecular weight is 1270 g/mol. The van der Waals surface area contributed by atoms with E-state index in [1.165, 1.54) is 19.2 Å². The molecule has 0 amide bonds. The molecular formula is C31H29N8Na5O24S8. The molecule has 0 heterocycles. The van der Waals surface area contributed by atoms with Crippen molar-refractivity contribution >= 4 is 130 Å². The Morgan fingerprint density at radius 1 is 0.513 bits per heavy atom. The predicted molar refractivity (Wildman–Crippen MR) is 231 cm³/mol. The van der Waals surface area contributed by atoms with Gasteiger partial charge in [0, 0.05) is 7.05 Å². The van der Waals surface area contributed by atoms with Gasteiger partial charge in [-0.05, 0) is 66.7 Å². The van der Waals surface area contributed by atoms with E-state index in [0.717, 1.165) is 36.4 Å². The Morgan fingerprint density at radius 2 is 0.908 bits per heavy atom. The van der Waals surface area contributed by atoms with Crippen LogP contribution < -0.4 is 169 Å². The van der Waals surface area contributed by atoms with Crippen molar-refractivity contribution in [1.82, 2.24) is 0 Å². The fourth-order valence-corrected chi connectivity index (χ4v) is 10.9. The first-order valence-corrected chi connectivity index (χ1v) is 28.5. The van der Waals surface area contributed by atoms with Gasteiger partial charge in [-0.25, -0.2) is 50.5 Å². The van der Waals surface area contributed by atoms with Crippen molar-refractivity contribution < 1.29 is 254 Å². The van der Waals surface area contributed by atoms with E-state index in [4.69, 9.17) is 9.92 Å². The molecule has 0 aliphatic rings. The van der Waals surface area contributed by atoms with E-state index in [9.17, 15) is 74.7 Å². The van der Waals surface area contributed by atoms with Crippen LogP contribution in [0.15, 0.2) is 122 Å². The third kappa shape index (κ3) is 24.6. The summed E-state index contributed by atoms with van der Waals surface area (Å²) in [4.78, 5) is -4.24. The molecule has 0 saturated heterocycles. The number of nitrogen functional groups attached to an aromatic ring is 1. The van der Waals surface area contributed by atoms with Crippen molar-refractivity contribution in [2.75, 3.05) is 55.2 Å². The topological polar surface area (TPSA) is 497 Å². The molecule has 0 radical (unpaired) electrons. The Kier molecular flexibility index (Phi) is 36.4. The largest absolute Gasteiger partial charge is 1.00 e. The van der Waals surface area contributed by atoms with Crippen molar-refractivity contribution in [1.29, 1.82) is 0 Å². The van der Waals surface area contributed by atoms with Crippen LogP contribution >= 0.6 is 24.6 Å². The van der Waals surface area contributed by atoms with Gasteiger partial charge in [0.25, 0.3) is 0 Å². The van der Waals surface area contributed by atoms with Crippen molar-refractivity contribution in [3.63, 3.8) is 0 Å². The maximum Gasteiger partial charge on any atom is 1.00 e. The van der Waals surface area contributed by atoms with Crippen molar-refractivity contribution in [2.24, 2.45) is 30.7 Å². The third-order valence-electron chi connectivity index (χ3n) is 8.32. The number of hydrogen-bond acceptors (Lipinski definition) is 34. The normalized spacial score (nSPS) is 12.3. The maximum atomic E-state index is 12.9. The van der Waals surface area contributed by atoms with Crippen LogP contribution in [-0.2, 0) is 91.4 Å². The summed E-state index contributed by atoms with van der Waals surface area (Å²) in [5, 5.41) is 52.0. The quantitative estimate of drug-likeness (QED) is 0.00614. The van der Waals surface area contributed by atoms with E-state index in [2.05, 4.69) is 63.1 Å². The molecule has 0 aromatic heterocycles. The minimum Gasteiger partial charge on any atom is -0.744 e. The van der Waals surface area contributed by atoms with Gasteiger partial charge in [-0.15, -0.1) is 34.2 Å². The SMILES string of the molecule is CNc1c(N=Nc2ccc(S(=O)(=O)CCOSOO[O-])cc2S(=O)(=O)[O-])cc(N=Nc2ccc(S(=O)(=O)CCOSOO[O-])cc2)c(N)c1N=Nc1ccc(S(=O)(=O)CCOS(=O)(=O)[O-])cc1S(=O)(=O)[O-].[Na+].[Na+].[Na+].[Na+].[Na+]. The van der Waals surface area contributed by atoms with E-state index >= 15 is 0 Å². The second kappa shape index (κ2) is 35.4. The van der Waals surface area contributed by atoms with Gasteiger partial charge in [0.15, 0.2) is 54.2 Å². The van der Waals surface area contributed by atoms with Gasteiger partial charge in [-0.1, -0.05) is 0 Å². The van der Waals surface area contributed by atoms with Crippen LogP contribution in [0.5, 0.6) is 0 Å². The molecule has 0 atom stereocenters. The molecule has 0 unspecified atom stereocenters. The zero-order valence-electron chi connectivity index (χ0n) is 39.9. The summed E-state index contributed by atoms with van der Waals surface area (Å²) >= 11 is 0.0901. The van der Waals surface area contributed by atoms with Crippen LogP contribution in [0.3, 0.4) is 0 Å². The molecule has 4 rings (SSSR count). The molecule has 0 aliphatic heterocycles. The number of sulfone groups is 3. The molecule has 0 fully saturated rings. The molecule has 0 spiro atoms. The first-order valence-electron chi connectivity index (χ1n) is 18.1. The van der Waals surface area contributed by atoms with Crippen LogP contribution in [-0.4, -0.2) is 108 Å². The molecule has 0 aliphatic carbocycles. The van der Waals surface area contributed by atoms with Gasteiger partial charge >= 0.3 is 148 Å². The van der Waals surface area contributed by atoms with E-state index in [1.807, 2.05) is 0 Å². The average Bonchev–Trinajstić information content (AvgIpc) is 3.28. The van der Waals surface area contributed by atoms with E-state index in [1.54, 1.807) is 0 Å². The maximum absolute atomic E-state index is 12.9. The van der Waals surface area contributed by atoms with Gasteiger partial charge in [0.05, 0.1) is 78.6 Å². The minimum atomic E-state index is -5.61. The number of hydrogen-bond donors (Lipinski definition) is 2. The predicted octanol–water partition coefficient (Wildman–Crippen LogP) is -13.2. The fraction of sp³-hybridized carbons (Fsp3) is 0.226. The molecule has 32 nitrogen and oxygen atoms in total. The number of anilines is 2. The molecule has 45 heteroatoms. The number of azo groups is 3.